The van der Waals surface area contributed by atoms with Crippen molar-refractivity contribution < 1.29 is 31.4 Å². The second-order valence-electron chi connectivity index (χ2n) is 7.62. The van der Waals surface area contributed by atoms with Gasteiger partial charge in [-0.05, 0) is 28.2 Å². The third-order valence-corrected chi connectivity index (χ3v) is 5.21. The molecule has 0 fully saturated rings. The fraction of sp³-hybridized carbons (Fsp3) is 0.292. The second-order valence-corrected chi connectivity index (χ2v) is 7.62. The van der Waals surface area contributed by atoms with Gasteiger partial charge in [0.25, 0.3) is 6.43 Å². The molecule has 0 bridgehead atoms. The summed E-state index contributed by atoms with van der Waals surface area (Å²) in [6, 6.07) is 13.3. The number of nitrogens with zero attached hydrogens (tertiary/aromatic N) is 1. The van der Waals surface area contributed by atoms with Gasteiger partial charge in [0.05, 0.1) is 6.61 Å². The van der Waals surface area contributed by atoms with Crippen LogP contribution in [0.4, 0.5) is 26.3 Å². The van der Waals surface area contributed by atoms with Crippen LogP contribution in [0.1, 0.15) is 66.0 Å². The molecule has 2 nitrogen and oxygen atoms in total. The van der Waals surface area contributed by atoms with Gasteiger partial charge in [-0.15, -0.1) is 0 Å². The molecular weight excluding hydrogens is 432 g/mol. The number of aliphatic hydroxyl groups excluding tert-OH is 1. The predicted octanol–water partition coefficient (Wildman–Crippen LogP) is 7.38. The van der Waals surface area contributed by atoms with Gasteiger partial charge in [0.1, 0.15) is 5.69 Å². The van der Waals surface area contributed by atoms with E-state index in [-0.39, 0.29) is 17.0 Å². The van der Waals surface area contributed by atoms with E-state index < -0.39 is 53.5 Å². The van der Waals surface area contributed by atoms with Crippen molar-refractivity contribution in [2.75, 3.05) is 0 Å². The number of benzene rings is 2. The van der Waals surface area contributed by atoms with Gasteiger partial charge in [0.15, 0.2) is 11.9 Å². The first kappa shape index (κ1) is 23.8. The van der Waals surface area contributed by atoms with Gasteiger partial charge in [-0.2, -0.15) is 13.2 Å². The molecule has 0 saturated heterocycles. The zero-order chi connectivity index (χ0) is 23.6. The van der Waals surface area contributed by atoms with Crippen molar-refractivity contribution in [2.45, 2.75) is 45.1 Å². The molecule has 0 aliphatic heterocycles. The number of halogens is 6. The molecule has 0 spiro atoms. The molecule has 1 unspecified atom stereocenters. The molecule has 8 heteroatoms. The highest BCUT2D eigenvalue weighted by Gasteiger charge is 2.42. The number of rotatable bonds is 6. The van der Waals surface area contributed by atoms with Gasteiger partial charge in [-0.25, -0.2) is 18.2 Å². The topological polar surface area (TPSA) is 33.1 Å². The summed E-state index contributed by atoms with van der Waals surface area (Å²) in [6.07, 6.45) is -10.9. The minimum absolute atomic E-state index is 0.0720. The third kappa shape index (κ3) is 4.65. The van der Waals surface area contributed by atoms with E-state index in [1.165, 1.54) is 36.4 Å². The Labute approximate surface area is 181 Å². The summed E-state index contributed by atoms with van der Waals surface area (Å²) in [5.74, 6) is 0.126. The molecule has 0 aliphatic carbocycles. The molecule has 3 rings (SSSR count). The molecule has 2 aromatic carbocycles. The first-order valence-corrected chi connectivity index (χ1v) is 9.88. The van der Waals surface area contributed by atoms with Crippen LogP contribution in [-0.4, -0.2) is 10.1 Å². The molecule has 3 aromatic rings. The van der Waals surface area contributed by atoms with E-state index in [4.69, 9.17) is 0 Å². The van der Waals surface area contributed by atoms with Gasteiger partial charge in [-0.1, -0.05) is 68.4 Å². The van der Waals surface area contributed by atoms with Crippen LogP contribution >= 0.6 is 0 Å². The molecule has 1 heterocycles. The summed E-state index contributed by atoms with van der Waals surface area (Å²) in [6.45, 7) is 2.80. The Morgan fingerprint density at radius 2 is 1.44 bits per heavy atom. The summed E-state index contributed by atoms with van der Waals surface area (Å²) in [4.78, 5) is 3.12. The van der Waals surface area contributed by atoms with E-state index in [9.17, 15) is 27.1 Å². The standard InChI is InChI=1S/C24H21F6NO/c1-13(2)14-8-10-16(11-9-14)20(25)19-18(15-6-4-3-5-7-15)17(12-32)21(23(26)27)31-22(19)24(28,29)30/h3-11,13,20,23,32H,12H2,1-2H3. The van der Waals surface area contributed by atoms with Gasteiger partial charge >= 0.3 is 6.18 Å². The molecular formula is C24H21F6NO. The predicted molar refractivity (Wildman–Crippen MR) is 109 cm³/mol. The van der Waals surface area contributed by atoms with Gasteiger partial charge in [0.2, 0.25) is 0 Å². The average Bonchev–Trinajstić information content (AvgIpc) is 2.77. The minimum Gasteiger partial charge on any atom is -0.392 e. The van der Waals surface area contributed by atoms with Crippen molar-refractivity contribution in [3.63, 3.8) is 0 Å². The van der Waals surface area contributed by atoms with Crippen molar-refractivity contribution in [3.05, 3.63) is 88.2 Å². The lowest BCUT2D eigenvalue weighted by atomic mass is 9.87. The summed E-state index contributed by atoms with van der Waals surface area (Å²) in [5, 5.41) is 9.80. The Bertz CT molecular complexity index is 1060. The summed E-state index contributed by atoms with van der Waals surface area (Å²) in [7, 11) is 0. The maximum atomic E-state index is 15.8. The van der Waals surface area contributed by atoms with Crippen LogP contribution in [0.15, 0.2) is 54.6 Å². The normalized spacial score (nSPS) is 13.1. The van der Waals surface area contributed by atoms with Gasteiger partial charge < -0.3 is 5.11 Å². The quantitative estimate of drug-likeness (QED) is 0.395. The number of aliphatic hydroxyl groups is 1. The van der Waals surface area contributed by atoms with E-state index in [0.717, 1.165) is 5.56 Å². The van der Waals surface area contributed by atoms with Crippen LogP contribution in [0.3, 0.4) is 0 Å². The number of hydrogen-bond acceptors (Lipinski definition) is 2. The lowest BCUT2D eigenvalue weighted by Crippen LogP contribution is -2.19. The fourth-order valence-electron chi connectivity index (χ4n) is 3.61. The Hall–Kier alpha value is -2.87. The van der Waals surface area contributed by atoms with E-state index in [1.54, 1.807) is 18.2 Å². The first-order chi connectivity index (χ1) is 15.1. The van der Waals surface area contributed by atoms with Crippen LogP contribution < -0.4 is 0 Å². The third-order valence-electron chi connectivity index (χ3n) is 5.21. The zero-order valence-corrected chi connectivity index (χ0v) is 17.3. The number of aromatic nitrogens is 1. The summed E-state index contributed by atoms with van der Waals surface area (Å²) < 4.78 is 84.8. The SMILES string of the molecule is CC(C)c1ccc(C(F)c2c(C(F)(F)F)nc(C(F)F)c(CO)c2-c2ccccc2)cc1. The fourth-order valence-corrected chi connectivity index (χ4v) is 3.61. The van der Waals surface area contributed by atoms with Gasteiger partial charge in [-0.3, -0.25) is 0 Å². The Balaban J connectivity index is 2.38. The maximum Gasteiger partial charge on any atom is 0.433 e. The molecule has 0 saturated carbocycles. The highest BCUT2D eigenvalue weighted by atomic mass is 19.4. The second kappa shape index (κ2) is 9.32. The summed E-state index contributed by atoms with van der Waals surface area (Å²) >= 11 is 0. The van der Waals surface area contributed by atoms with Crippen LogP contribution in [0.25, 0.3) is 11.1 Å². The molecule has 0 radical (unpaired) electrons. The van der Waals surface area contributed by atoms with Crippen molar-refractivity contribution in [2.24, 2.45) is 0 Å². The number of alkyl halides is 6. The Morgan fingerprint density at radius 1 is 0.875 bits per heavy atom. The van der Waals surface area contributed by atoms with Crippen LogP contribution in [0, 0.1) is 0 Å². The van der Waals surface area contributed by atoms with Crippen molar-refractivity contribution >= 4 is 0 Å². The van der Waals surface area contributed by atoms with Crippen LogP contribution in [0.5, 0.6) is 0 Å². The smallest absolute Gasteiger partial charge is 0.392 e. The highest BCUT2D eigenvalue weighted by molar-refractivity contribution is 5.74. The van der Waals surface area contributed by atoms with Crippen molar-refractivity contribution in [3.8, 4) is 11.1 Å². The average molecular weight is 453 g/mol. The lowest BCUT2D eigenvalue weighted by Gasteiger charge is -2.24. The highest BCUT2D eigenvalue weighted by Crippen LogP contribution is 2.46. The molecule has 1 N–H and O–H groups in total. The van der Waals surface area contributed by atoms with Crippen molar-refractivity contribution in [1.82, 2.24) is 4.98 Å². The monoisotopic (exact) mass is 453 g/mol. The lowest BCUT2D eigenvalue weighted by molar-refractivity contribution is -0.142. The van der Waals surface area contributed by atoms with Crippen LogP contribution in [0.2, 0.25) is 0 Å². The summed E-state index contributed by atoms with van der Waals surface area (Å²) in [5.41, 5.74) is -3.94. The first-order valence-electron chi connectivity index (χ1n) is 9.88. The van der Waals surface area contributed by atoms with Crippen molar-refractivity contribution in [1.29, 1.82) is 0 Å². The molecule has 32 heavy (non-hydrogen) atoms. The number of hydrogen-bond donors (Lipinski definition) is 1. The maximum absolute atomic E-state index is 15.8. The largest absolute Gasteiger partial charge is 0.433 e. The Morgan fingerprint density at radius 3 is 1.91 bits per heavy atom. The Kier molecular flexibility index (Phi) is 6.93. The van der Waals surface area contributed by atoms with E-state index in [1.807, 2.05) is 13.8 Å². The molecule has 0 aliphatic rings. The van der Waals surface area contributed by atoms with Gasteiger partial charge in [0, 0.05) is 11.1 Å². The minimum atomic E-state index is -5.20. The van der Waals surface area contributed by atoms with Crippen LogP contribution in [-0.2, 0) is 12.8 Å². The molecule has 170 valence electrons. The molecule has 0 amide bonds. The van der Waals surface area contributed by atoms with E-state index in [2.05, 4.69) is 4.98 Å². The van der Waals surface area contributed by atoms with E-state index >= 15 is 4.39 Å². The van der Waals surface area contributed by atoms with E-state index in [0.29, 0.717) is 0 Å². The zero-order valence-electron chi connectivity index (χ0n) is 17.3. The number of pyridine rings is 1. The molecule has 1 aromatic heterocycles. The molecule has 1 atom stereocenters.